The normalized spacial score (nSPS) is 19.1. The molecule has 128 valence electrons. The zero-order valence-corrected chi connectivity index (χ0v) is 13.1. The number of aromatic nitrogens is 2. The average molecular weight is 343 g/mol. The maximum Gasteiger partial charge on any atom is 0.323 e. The van der Waals surface area contributed by atoms with Crippen LogP contribution in [0.1, 0.15) is 23.5 Å². The summed E-state index contributed by atoms with van der Waals surface area (Å²) in [6.45, 7) is 0.302. The number of amides is 1. The molecular weight excluding hydrogens is 328 g/mol. The molecule has 2 atom stereocenters. The van der Waals surface area contributed by atoms with Crippen LogP contribution in [0.4, 0.5) is 8.78 Å². The third-order valence-corrected chi connectivity index (χ3v) is 4.56. The number of fused-ring (bicyclic) bond motifs is 1. The van der Waals surface area contributed by atoms with E-state index in [1.807, 2.05) is 6.07 Å². The number of carbonyl (C=O) groups excluding carboxylic acids is 1. The van der Waals surface area contributed by atoms with E-state index in [2.05, 4.69) is 15.3 Å². The average Bonchev–Trinajstić information content (AvgIpc) is 3.29. The molecule has 0 bridgehead atoms. The zero-order valence-electron chi connectivity index (χ0n) is 13.1. The van der Waals surface area contributed by atoms with Crippen LogP contribution in [0.5, 0.6) is 0 Å². The van der Waals surface area contributed by atoms with Gasteiger partial charge in [0.1, 0.15) is 0 Å². The van der Waals surface area contributed by atoms with Crippen molar-refractivity contribution in [3.63, 3.8) is 0 Å². The van der Waals surface area contributed by atoms with Gasteiger partial charge in [0, 0.05) is 12.5 Å². The second-order valence-corrected chi connectivity index (χ2v) is 6.27. The predicted molar refractivity (Wildman–Crippen MR) is 88.0 cm³/mol. The van der Waals surface area contributed by atoms with Crippen LogP contribution < -0.4 is 11.0 Å². The Morgan fingerprint density at radius 2 is 1.96 bits per heavy atom. The Balaban J connectivity index is 1.41. The van der Waals surface area contributed by atoms with Crippen LogP contribution in [-0.2, 0) is 11.3 Å². The largest absolute Gasteiger partial charge is 0.352 e. The molecule has 0 radical (unpaired) electrons. The lowest BCUT2D eigenvalue weighted by Gasteiger charge is -2.06. The smallest absolute Gasteiger partial charge is 0.323 e. The Morgan fingerprint density at radius 3 is 2.80 bits per heavy atom. The lowest BCUT2D eigenvalue weighted by molar-refractivity contribution is -0.122. The summed E-state index contributed by atoms with van der Waals surface area (Å²) in [5.74, 6) is -2.57. The van der Waals surface area contributed by atoms with Crippen molar-refractivity contribution in [1.82, 2.24) is 15.3 Å². The standard InChI is InChI=1S/C18H15F2N3O2/c19-13-3-1-2-10(16(13)20)11-7-12(11)17(24)21-8-9-4-5-14-15(6-9)23-18(25)22-14/h1-6,11-12H,7-8H2,(H,21,24)(H2,22,23,25)/t11-,12+/m0/s1. The number of hydrogen-bond acceptors (Lipinski definition) is 2. The molecule has 1 aromatic heterocycles. The number of hydrogen-bond donors (Lipinski definition) is 3. The molecule has 1 heterocycles. The lowest BCUT2D eigenvalue weighted by Crippen LogP contribution is -2.24. The molecule has 1 saturated carbocycles. The minimum Gasteiger partial charge on any atom is -0.352 e. The highest BCUT2D eigenvalue weighted by Gasteiger charge is 2.45. The van der Waals surface area contributed by atoms with E-state index < -0.39 is 11.6 Å². The van der Waals surface area contributed by atoms with Crippen LogP contribution in [0, 0.1) is 17.6 Å². The summed E-state index contributed by atoms with van der Waals surface area (Å²) in [6, 6.07) is 9.39. The molecule has 1 amide bonds. The predicted octanol–water partition coefficient (Wildman–Crippen LogP) is 2.55. The fourth-order valence-corrected chi connectivity index (χ4v) is 3.15. The number of carbonyl (C=O) groups is 1. The zero-order chi connectivity index (χ0) is 17.6. The fraction of sp³-hybridized carbons (Fsp3) is 0.222. The number of aromatic amines is 2. The summed E-state index contributed by atoms with van der Waals surface area (Å²) in [5, 5.41) is 2.81. The Labute approximate surface area is 141 Å². The topological polar surface area (TPSA) is 77.8 Å². The van der Waals surface area contributed by atoms with Gasteiger partial charge in [0.2, 0.25) is 5.91 Å². The fourth-order valence-electron chi connectivity index (χ4n) is 3.15. The van der Waals surface area contributed by atoms with Crippen LogP contribution in [0.25, 0.3) is 11.0 Å². The van der Waals surface area contributed by atoms with Gasteiger partial charge in [0.25, 0.3) is 0 Å². The van der Waals surface area contributed by atoms with Crippen molar-refractivity contribution in [1.29, 1.82) is 0 Å². The van der Waals surface area contributed by atoms with E-state index in [4.69, 9.17) is 0 Å². The Kier molecular flexibility index (Phi) is 3.63. The van der Waals surface area contributed by atoms with E-state index in [0.717, 1.165) is 11.6 Å². The van der Waals surface area contributed by atoms with Crippen molar-refractivity contribution in [2.75, 3.05) is 0 Å². The molecule has 5 nitrogen and oxygen atoms in total. The van der Waals surface area contributed by atoms with Gasteiger partial charge in [0.05, 0.1) is 11.0 Å². The quantitative estimate of drug-likeness (QED) is 0.681. The van der Waals surface area contributed by atoms with Gasteiger partial charge < -0.3 is 15.3 Å². The lowest BCUT2D eigenvalue weighted by atomic mass is 10.1. The Morgan fingerprint density at radius 1 is 1.16 bits per heavy atom. The van der Waals surface area contributed by atoms with Crippen LogP contribution in [0.15, 0.2) is 41.2 Å². The summed E-state index contributed by atoms with van der Waals surface area (Å²) in [4.78, 5) is 28.8. The van der Waals surface area contributed by atoms with E-state index in [1.54, 1.807) is 12.1 Å². The first kappa shape index (κ1) is 15.6. The van der Waals surface area contributed by atoms with E-state index >= 15 is 0 Å². The van der Waals surface area contributed by atoms with Gasteiger partial charge in [0.15, 0.2) is 11.6 Å². The monoisotopic (exact) mass is 343 g/mol. The van der Waals surface area contributed by atoms with Crippen LogP contribution >= 0.6 is 0 Å². The first-order chi connectivity index (χ1) is 12.0. The molecule has 0 spiro atoms. The van der Waals surface area contributed by atoms with E-state index in [0.29, 0.717) is 24.0 Å². The van der Waals surface area contributed by atoms with Crippen molar-refractivity contribution in [2.45, 2.75) is 18.9 Å². The first-order valence-corrected chi connectivity index (χ1v) is 7.95. The molecule has 1 aliphatic rings. The maximum atomic E-state index is 13.8. The Bertz CT molecular complexity index is 1020. The van der Waals surface area contributed by atoms with Gasteiger partial charge in [-0.15, -0.1) is 0 Å². The van der Waals surface area contributed by atoms with E-state index in [1.165, 1.54) is 12.1 Å². The molecule has 25 heavy (non-hydrogen) atoms. The van der Waals surface area contributed by atoms with Gasteiger partial charge in [-0.05, 0) is 41.7 Å². The van der Waals surface area contributed by atoms with Crippen LogP contribution in [0.2, 0.25) is 0 Å². The second-order valence-electron chi connectivity index (χ2n) is 6.27. The van der Waals surface area contributed by atoms with E-state index in [9.17, 15) is 18.4 Å². The molecular formula is C18H15F2N3O2. The molecule has 1 aliphatic carbocycles. The highest BCUT2D eigenvalue weighted by molar-refractivity contribution is 5.83. The SMILES string of the molecule is O=C(NCc1ccc2[nH]c(=O)[nH]c2c1)[C@@H]1C[C@H]1c1cccc(F)c1F. The molecule has 4 rings (SSSR count). The van der Waals surface area contributed by atoms with Crippen molar-refractivity contribution in [3.05, 3.63) is 69.6 Å². The number of rotatable bonds is 4. The molecule has 1 fully saturated rings. The summed E-state index contributed by atoms with van der Waals surface area (Å²) in [7, 11) is 0. The molecule has 0 unspecified atom stereocenters. The molecule has 0 saturated heterocycles. The van der Waals surface area contributed by atoms with Gasteiger partial charge in [-0.3, -0.25) is 4.79 Å². The van der Waals surface area contributed by atoms with Crippen molar-refractivity contribution >= 4 is 16.9 Å². The number of H-pyrrole nitrogens is 2. The molecule has 3 N–H and O–H groups in total. The number of nitrogens with one attached hydrogen (secondary N) is 3. The third kappa shape index (κ3) is 2.93. The van der Waals surface area contributed by atoms with Gasteiger partial charge in [-0.1, -0.05) is 18.2 Å². The van der Waals surface area contributed by atoms with Crippen molar-refractivity contribution in [3.8, 4) is 0 Å². The summed E-state index contributed by atoms with van der Waals surface area (Å²) >= 11 is 0. The highest BCUT2D eigenvalue weighted by Crippen LogP contribution is 2.48. The highest BCUT2D eigenvalue weighted by atomic mass is 19.2. The molecule has 3 aromatic rings. The van der Waals surface area contributed by atoms with Crippen molar-refractivity contribution < 1.29 is 13.6 Å². The number of benzene rings is 2. The molecule has 2 aromatic carbocycles. The van der Waals surface area contributed by atoms with E-state index in [-0.39, 0.29) is 29.0 Å². The van der Waals surface area contributed by atoms with Gasteiger partial charge >= 0.3 is 5.69 Å². The summed E-state index contributed by atoms with van der Waals surface area (Å²) < 4.78 is 27.1. The van der Waals surface area contributed by atoms with Gasteiger partial charge in [-0.2, -0.15) is 0 Å². The molecule has 0 aliphatic heterocycles. The van der Waals surface area contributed by atoms with Crippen molar-refractivity contribution in [2.24, 2.45) is 5.92 Å². The number of halogens is 2. The summed E-state index contributed by atoms with van der Waals surface area (Å²) in [5.41, 5.74) is 2.18. The second kappa shape index (κ2) is 5.84. The number of imidazole rings is 1. The summed E-state index contributed by atoms with van der Waals surface area (Å²) in [6.07, 6.45) is 0.510. The van der Waals surface area contributed by atoms with Crippen LogP contribution in [-0.4, -0.2) is 15.9 Å². The minimum atomic E-state index is -0.891. The first-order valence-electron chi connectivity index (χ1n) is 7.95. The Hall–Kier alpha value is -2.96. The third-order valence-electron chi connectivity index (χ3n) is 4.56. The minimum absolute atomic E-state index is 0.184. The maximum absolute atomic E-state index is 13.8. The van der Waals surface area contributed by atoms with Gasteiger partial charge in [-0.25, -0.2) is 13.6 Å². The van der Waals surface area contributed by atoms with Crippen LogP contribution in [0.3, 0.4) is 0 Å². The molecule has 7 heteroatoms.